The van der Waals surface area contributed by atoms with Crippen LogP contribution in [0.4, 0.5) is 20.6 Å². The average molecular weight is 517 g/mol. The highest BCUT2D eigenvalue weighted by Crippen LogP contribution is 2.44. The molecule has 0 unspecified atom stereocenters. The maximum absolute atomic E-state index is 15.0. The standard InChI is InChI=1S/C21H23BrClFN4O3/c1-10-8-28-14(9-27(10)20(30)31-21(2,3)4)19(29)26(5)13-7-25-17-11(18(13)28)6-12(23)15(22)16(17)24/h6-7,10,14H,8-9H2,1-5H3/t10-,14-/m1/s1/i5D3. The Kier molecular flexibility index (Phi) is 4.45. The molecular weight excluding hydrogens is 491 g/mol. The Balaban J connectivity index is 1.90. The molecule has 0 spiro atoms. The molecule has 2 aliphatic rings. The van der Waals surface area contributed by atoms with Crippen LogP contribution >= 0.6 is 27.5 Å². The van der Waals surface area contributed by atoms with E-state index in [2.05, 4.69) is 20.9 Å². The molecular formula is C21H23BrClFN4O3. The molecule has 166 valence electrons. The van der Waals surface area contributed by atoms with Crippen LogP contribution < -0.4 is 9.80 Å². The van der Waals surface area contributed by atoms with E-state index in [4.69, 9.17) is 20.5 Å². The molecule has 2 aromatic rings. The molecule has 4 rings (SSSR count). The maximum Gasteiger partial charge on any atom is 0.410 e. The SMILES string of the molecule is [2H]C([2H])([2H])N1C(=O)[C@H]2CN(C(=O)OC(C)(C)C)[C@H](C)CN2c2c1cnc1c(F)c(Br)c(Cl)cc21. The van der Waals surface area contributed by atoms with Gasteiger partial charge in [-0.25, -0.2) is 9.18 Å². The first-order valence-corrected chi connectivity index (χ1v) is 10.9. The van der Waals surface area contributed by atoms with E-state index in [-0.39, 0.29) is 45.2 Å². The summed E-state index contributed by atoms with van der Waals surface area (Å²) < 4.78 is 44.5. The summed E-state index contributed by atoms with van der Waals surface area (Å²) in [6, 6.07) is 0.0866. The van der Waals surface area contributed by atoms with Crippen molar-refractivity contribution >= 4 is 61.8 Å². The lowest BCUT2D eigenvalue weighted by Crippen LogP contribution is -2.66. The van der Waals surface area contributed by atoms with Crippen molar-refractivity contribution in [2.24, 2.45) is 0 Å². The first-order chi connectivity index (χ1) is 15.6. The Labute approximate surface area is 197 Å². The lowest BCUT2D eigenvalue weighted by atomic mass is 9.99. The molecule has 1 fully saturated rings. The maximum atomic E-state index is 15.0. The minimum absolute atomic E-state index is 0.0177. The number of carbonyl (C=O) groups is 2. The van der Waals surface area contributed by atoms with Crippen LogP contribution in [-0.2, 0) is 9.53 Å². The van der Waals surface area contributed by atoms with Gasteiger partial charge < -0.3 is 19.4 Å². The van der Waals surface area contributed by atoms with Gasteiger partial charge in [0.2, 0.25) is 0 Å². The number of ether oxygens (including phenoxy) is 1. The predicted molar refractivity (Wildman–Crippen MR) is 121 cm³/mol. The highest BCUT2D eigenvalue weighted by atomic mass is 79.9. The average Bonchev–Trinajstić information content (AvgIpc) is 2.69. The lowest BCUT2D eigenvalue weighted by molar-refractivity contribution is -0.121. The van der Waals surface area contributed by atoms with E-state index in [0.717, 1.165) is 0 Å². The number of rotatable bonds is 0. The van der Waals surface area contributed by atoms with Crippen molar-refractivity contribution in [3.63, 3.8) is 0 Å². The number of aromatic nitrogens is 1. The zero-order valence-electron chi connectivity index (χ0n) is 20.4. The summed E-state index contributed by atoms with van der Waals surface area (Å²) in [5, 5.41) is 0.349. The Morgan fingerprint density at radius 3 is 2.77 bits per heavy atom. The quantitative estimate of drug-likeness (QED) is 0.480. The van der Waals surface area contributed by atoms with Crippen LogP contribution in [0.1, 0.15) is 31.8 Å². The second kappa shape index (κ2) is 7.48. The van der Waals surface area contributed by atoms with Crippen LogP contribution in [-0.4, -0.2) is 59.6 Å². The number of halogens is 3. The largest absolute Gasteiger partial charge is 0.444 e. The molecule has 7 nitrogen and oxygen atoms in total. The zero-order chi connectivity index (χ0) is 25.3. The van der Waals surface area contributed by atoms with Crippen molar-refractivity contribution in [1.29, 1.82) is 0 Å². The van der Waals surface area contributed by atoms with E-state index >= 15 is 0 Å². The molecule has 0 saturated carbocycles. The highest BCUT2D eigenvalue weighted by Gasteiger charge is 2.45. The van der Waals surface area contributed by atoms with Crippen LogP contribution in [0, 0.1) is 5.82 Å². The first-order valence-electron chi connectivity index (χ1n) is 11.2. The van der Waals surface area contributed by atoms with Crippen molar-refractivity contribution in [2.75, 3.05) is 29.9 Å². The second-order valence-electron chi connectivity index (χ2n) is 8.70. The van der Waals surface area contributed by atoms with E-state index in [1.165, 1.54) is 17.2 Å². The number of anilines is 2. The van der Waals surface area contributed by atoms with Gasteiger partial charge in [0.15, 0.2) is 5.82 Å². The van der Waals surface area contributed by atoms with Crippen molar-refractivity contribution in [1.82, 2.24) is 9.88 Å². The van der Waals surface area contributed by atoms with Crippen LogP contribution in [0.2, 0.25) is 5.02 Å². The molecule has 2 aliphatic heterocycles. The summed E-state index contributed by atoms with van der Waals surface area (Å²) in [4.78, 5) is 34.2. The van der Waals surface area contributed by atoms with Crippen LogP contribution in [0.5, 0.6) is 0 Å². The fraction of sp³-hybridized carbons (Fsp3) is 0.476. The predicted octanol–water partition coefficient (Wildman–Crippen LogP) is 4.58. The Hall–Kier alpha value is -2.13. The molecule has 1 saturated heterocycles. The third kappa shape index (κ3) is 3.61. The van der Waals surface area contributed by atoms with E-state index in [1.54, 1.807) is 32.6 Å². The van der Waals surface area contributed by atoms with Gasteiger partial charge in [0.05, 0.1) is 33.6 Å². The fourth-order valence-electron chi connectivity index (χ4n) is 3.96. The smallest absolute Gasteiger partial charge is 0.410 e. The third-order valence-corrected chi connectivity index (χ3v) is 6.65. The number of carbonyl (C=O) groups excluding carboxylic acids is 2. The fourth-order valence-corrected chi connectivity index (χ4v) is 4.45. The van der Waals surface area contributed by atoms with Crippen molar-refractivity contribution in [3.05, 3.63) is 27.6 Å². The van der Waals surface area contributed by atoms with Gasteiger partial charge in [-0.05, 0) is 49.7 Å². The molecule has 0 bridgehead atoms. The summed E-state index contributed by atoms with van der Waals surface area (Å²) in [5.41, 5.74) is -0.402. The van der Waals surface area contributed by atoms with Gasteiger partial charge in [0, 0.05) is 29.1 Å². The normalized spacial score (nSPS) is 23.1. The molecule has 3 heterocycles. The molecule has 1 aromatic heterocycles. The summed E-state index contributed by atoms with van der Waals surface area (Å²) in [6.07, 6.45) is 0.586. The number of piperazine rings is 1. The summed E-state index contributed by atoms with van der Waals surface area (Å²) in [5.74, 6) is -1.41. The number of hydrogen-bond donors (Lipinski definition) is 0. The number of likely N-dealkylation sites (N-methyl/N-ethyl adjacent to an activating group) is 1. The molecule has 2 atom stereocenters. The van der Waals surface area contributed by atoms with Gasteiger partial charge in [0.25, 0.3) is 5.91 Å². The number of nitrogens with zero attached hydrogens (tertiary/aromatic N) is 4. The van der Waals surface area contributed by atoms with Gasteiger partial charge in [0.1, 0.15) is 17.2 Å². The summed E-state index contributed by atoms with van der Waals surface area (Å²) in [6.45, 7) is 4.27. The van der Waals surface area contributed by atoms with Gasteiger partial charge in [-0.2, -0.15) is 0 Å². The van der Waals surface area contributed by atoms with Crippen molar-refractivity contribution < 1.29 is 22.8 Å². The molecule has 0 N–H and O–H groups in total. The molecule has 0 aliphatic carbocycles. The molecule has 10 heteroatoms. The molecule has 1 aromatic carbocycles. The number of hydrogen-bond acceptors (Lipinski definition) is 5. The van der Waals surface area contributed by atoms with Crippen LogP contribution in [0.3, 0.4) is 0 Å². The third-order valence-electron chi connectivity index (χ3n) is 5.35. The molecule has 31 heavy (non-hydrogen) atoms. The summed E-state index contributed by atoms with van der Waals surface area (Å²) in [7, 11) is 0. The number of amides is 2. The molecule has 2 amide bonds. The number of pyridine rings is 1. The number of benzene rings is 1. The zero-order valence-corrected chi connectivity index (χ0v) is 19.7. The summed E-state index contributed by atoms with van der Waals surface area (Å²) >= 11 is 9.33. The van der Waals surface area contributed by atoms with Gasteiger partial charge in [-0.1, -0.05) is 11.6 Å². The Bertz CT molecular complexity index is 1210. The Morgan fingerprint density at radius 1 is 1.42 bits per heavy atom. The van der Waals surface area contributed by atoms with E-state index in [0.29, 0.717) is 10.6 Å². The first kappa shape index (κ1) is 18.4. The Morgan fingerprint density at radius 2 is 2.13 bits per heavy atom. The van der Waals surface area contributed by atoms with Gasteiger partial charge in [-0.15, -0.1) is 0 Å². The van der Waals surface area contributed by atoms with Crippen LogP contribution in [0.15, 0.2) is 16.7 Å². The van der Waals surface area contributed by atoms with Crippen molar-refractivity contribution in [3.8, 4) is 0 Å². The minimum Gasteiger partial charge on any atom is -0.444 e. The van der Waals surface area contributed by atoms with E-state index < -0.39 is 36.4 Å². The number of fused-ring (bicyclic) bond motifs is 5. The highest BCUT2D eigenvalue weighted by molar-refractivity contribution is 9.10. The molecule has 0 radical (unpaired) electrons. The lowest BCUT2D eigenvalue weighted by Gasteiger charge is -2.49. The van der Waals surface area contributed by atoms with Crippen molar-refractivity contribution in [2.45, 2.75) is 45.4 Å². The van der Waals surface area contributed by atoms with Gasteiger partial charge in [-0.3, -0.25) is 9.78 Å². The monoisotopic (exact) mass is 515 g/mol. The minimum atomic E-state index is -2.83. The second-order valence-corrected chi connectivity index (χ2v) is 9.90. The van der Waals surface area contributed by atoms with Crippen LogP contribution in [0.25, 0.3) is 10.9 Å². The van der Waals surface area contributed by atoms with Gasteiger partial charge >= 0.3 is 6.09 Å². The van der Waals surface area contributed by atoms with E-state index in [9.17, 15) is 14.0 Å². The topological polar surface area (TPSA) is 66.0 Å². The van der Waals surface area contributed by atoms with E-state index in [1.807, 2.05) is 0 Å².